The van der Waals surface area contributed by atoms with Gasteiger partial charge in [0.2, 0.25) is 11.8 Å². The first-order valence-electron chi connectivity index (χ1n) is 14.1. The van der Waals surface area contributed by atoms with E-state index in [9.17, 15) is 9.59 Å². The molecule has 4 unspecified atom stereocenters. The molecule has 8 nitrogen and oxygen atoms in total. The van der Waals surface area contributed by atoms with Gasteiger partial charge in [-0.15, -0.1) is 5.10 Å². The summed E-state index contributed by atoms with van der Waals surface area (Å²) in [5.74, 6) is 0.455. The Morgan fingerprint density at radius 3 is 2.67 bits per heavy atom. The minimum absolute atomic E-state index is 0.0336. The van der Waals surface area contributed by atoms with Gasteiger partial charge in [0, 0.05) is 26.7 Å². The molecule has 6 rings (SSSR count). The number of rotatable bonds is 7. The predicted octanol–water partition coefficient (Wildman–Crippen LogP) is 3.50. The Balaban J connectivity index is 1.16. The Labute approximate surface area is 234 Å². The van der Waals surface area contributed by atoms with Crippen LogP contribution in [0.15, 0.2) is 72.8 Å². The molecule has 0 aliphatic carbocycles. The normalized spacial score (nSPS) is 22.6. The lowest BCUT2D eigenvalue weighted by atomic mass is 9.95. The second-order valence-corrected chi connectivity index (χ2v) is 11.4. The van der Waals surface area contributed by atoms with E-state index in [4.69, 9.17) is 0 Å². The van der Waals surface area contributed by atoms with E-state index in [0.717, 1.165) is 36.0 Å². The van der Waals surface area contributed by atoms with Crippen molar-refractivity contribution in [2.24, 2.45) is 13.0 Å². The Hall–Kier alpha value is -4.04. The minimum atomic E-state index is -0.486. The zero-order chi connectivity index (χ0) is 27.6. The highest BCUT2D eigenvalue weighted by molar-refractivity contribution is 5.90. The highest BCUT2D eigenvalue weighted by Crippen LogP contribution is 2.31. The number of likely N-dealkylation sites (tertiary alicyclic amines) is 1. The van der Waals surface area contributed by atoms with Crippen molar-refractivity contribution in [2.45, 2.75) is 50.7 Å². The third-order valence-electron chi connectivity index (χ3n) is 8.42. The molecule has 4 atom stereocenters. The lowest BCUT2D eigenvalue weighted by Crippen LogP contribution is -2.51. The fourth-order valence-electron chi connectivity index (χ4n) is 6.34. The first kappa shape index (κ1) is 26.2. The molecular formula is C32H36N6O2. The molecule has 3 aromatic carbocycles. The molecular weight excluding hydrogens is 500 g/mol. The molecule has 2 aliphatic heterocycles. The van der Waals surface area contributed by atoms with Crippen LogP contribution in [-0.2, 0) is 29.6 Å². The molecule has 2 N–H and O–H groups in total. The zero-order valence-corrected chi connectivity index (χ0v) is 23.1. The van der Waals surface area contributed by atoms with Crippen molar-refractivity contribution in [1.29, 1.82) is 0 Å². The van der Waals surface area contributed by atoms with Crippen LogP contribution < -0.4 is 10.6 Å². The van der Waals surface area contributed by atoms with E-state index in [1.807, 2.05) is 48.3 Å². The molecule has 2 amide bonds. The van der Waals surface area contributed by atoms with E-state index in [1.54, 1.807) is 4.68 Å². The monoisotopic (exact) mass is 536 g/mol. The van der Waals surface area contributed by atoms with Crippen LogP contribution in [0.1, 0.15) is 41.0 Å². The molecule has 3 heterocycles. The van der Waals surface area contributed by atoms with E-state index in [0.29, 0.717) is 25.4 Å². The number of benzene rings is 3. The van der Waals surface area contributed by atoms with Gasteiger partial charge in [-0.3, -0.25) is 9.59 Å². The predicted molar refractivity (Wildman–Crippen MR) is 154 cm³/mol. The summed E-state index contributed by atoms with van der Waals surface area (Å²) in [5.41, 5.74) is 6.42. The van der Waals surface area contributed by atoms with Crippen molar-refractivity contribution in [3.63, 3.8) is 0 Å². The fourth-order valence-corrected chi connectivity index (χ4v) is 6.34. The van der Waals surface area contributed by atoms with Crippen LogP contribution >= 0.6 is 0 Å². The lowest BCUT2D eigenvalue weighted by Gasteiger charge is -2.27. The lowest BCUT2D eigenvalue weighted by molar-refractivity contribution is -0.139. The number of hydrogen-bond acceptors (Lipinski definition) is 5. The van der Waals surface area contributed by atoms with Gasteiger partial charge in [0.05, 0.1) is 11.6 Å². The number of fused-ring (bicyclic) bond motifs is 1. The quantitative estimate of drug-likeness (QED) is 0.377. The number of hydrogen-bond donors (Lipinski definition) is 2. The molecule has 0 radical (unpaired) electrons. The fraction of sp³-hybridized carbons (Fsp3) is 0.375. The van der Waals surface area contributed by atoms with Crippen LogP contribution in [0.4, 0.5) is 0 Å². The molecule has 2 fully saturated rings. The number of carbonyl (C=O) groups is 2. The first-order valence-corrected chi connectivity index (χ1v) is 14.1. The van der Waals surface area contributed by atoms with E-state index in [-0.39, 0.29) is 23.8 Å². The van der Waals surface area contributed by atoms with Gasteiger partial charge in [-0.2, -0.15) is 0 Å². The summed E-state index contributed by atoms with van der Waals surface area (Å²) in [5, 5.41) is 14.8. The molecule has 0 bridgehead atoms. The Morgan fingerprint density at radius 2 is 1.85 bits per heavy atom. The Bertz CT molecular complexity index is 1520. The van der Waals surface area contributed by atoms with Crippen LogP contribution in [0, 0.1) is 12.8 Å². The van der Waals surface area contributed by atoms with E-state index in [1.165, 1.54) is 16.7 Å². The summed E-state index contributed by atoms with van der Waals surface area (Å²) >= 11 is 0. The van der Waals surface area contributed by atoms with Crippen molar-refractivity contribution in [1.82, 2.24) is 30.5 Å². The van der Waals surface area contributed by atoms with Crippen LogP contribution in [0.25, 0.3) is 11.0 Å². The van der Waals surface area contributed by atoms with Crippen molar-refractivity contribution in [2.75, 3.05) is 13.1 Å². The summed E-state index contributed by atoms with van der Waals surface area (Å²) in [7, 11) is 1.86. The number of aromatic nitrogens is 3. The van der Waals surface area contributed by atoms with Gasteiger partial charge in [-0.1, -0.05) is 71.4 Å². The smallest absolute Gasteiger partial charge is 0.243 e. The second kappa shape index (κ2) is 11.2. The van der Waals surface area contributed by atoms with Crippen LogP contribution in [-0.4, -0.2) is 56.9 Å². The zero-order valence-electron chi connectivity index (χ0n) is 23.1. The molecule has 2 saturated heterocycles. The topological polar surface area (TPSA) is 92.2 Å². The minimum Gasteiger partial charge on any atom is -0.350 e. The van der Waals surface area contributed by atoms with Gasteiger partial charge < -0.3 is 15.5 Å². The van der Waals surface area contributed by atoms with E-state index in [2.05, 4.69) is 64.3 Å². The number of carbonyl (C=O) groups excluding carboxylic acids is 2. The van der Waals surface area contributed by atoms with Crippen molar-refractivity contribution in [3.8, 4) is 0 Å². The summed E-state index contributed by atoms with van der Waals surface area (Å²) in [6.45, 7) is 3.83. The average Bonchev–Trinajstić information content (AvgIpc) is 3.71. The molecule has 40 heavy (non-hydrogen) atoms. The largest absolute Gasteiger partial charge is 0.350 e. The van der Waals surface area contributed by atoms with Crippen LogP contribution in [0.2, 0.25) is 0 Å². The highest BCUT2D eigenvalue weighted by Gasteiger charge is 2.43. The first-order chi connectivity index (χ1) is 19.4. The van der Waals surface area contributed by atoms with Gasteiger partial charge in [0.25, 0.3) is 0 Å². The molecule has 1 aromatic heterocycles. The molecule has 0 spiro atoms. The maximum absolute atomic E-state index is 13.9. The molecule has 2 aliphatic rings. The van der Waals surface area contributed by atoms with E-state index >= 15 is 0 Å². The number of nitrogens with one attached hydrogen (secondary N) is 2. The third-order valence-corrected chi connectivity index (χ3v) is 8.42. The van der Waals surface area contributed by atoms with Crippen molar-refractivity contribution >= 4 is 22.8 Å². The summed E-state index contributed by atoms with van der Waals surface area (Å²) in [4.78, 5) is 29.3. The number of nitrogens with zero attached hydrogens (tertiary/aromatic N) is 4. The van der Waals surface area contributed by atoms with E-state index < -0.39 is 6.04 Å². The summed E-state index contributed by atoms with van der Waals surface area (Å²) < 4.78 is 1.73. The standard InChI is InChI=1S/C32H36N6O2/c1-21-7-6-8-22(13-21)14-24-16-30(31(39)34-18-23-11-12-29-27(15-23)35-36-37(29)2)38(20-24)32(40)28-17-26(19-33-28)25-9-4-3-5-10-25/h3-13,15,24,26,28,30,33H,14,16-20H2,1-2H3,(H,34,39). The number of aryl methyl sites for hydroxylation is 2. The van der Waals surface area contributed by atoms with Crippen molar-refractivity contribution in [3.05, 3.63) is 95.1 Å². The van der Waals surface area contributed by atoms with Gasteiger partial charge in [-0.25, -0.2) is 4.68 Å². The third kappa shape index (κ3) is 5.49. The maximum Gasteiger partial charge on any atom is 0.243 e. The molecule has 0 saturated carbocycles. The van der Waals surface area contributed by atoms with Crippen LogP contribution in [0.5, 0.6) is 0 Å². The number of amides is 2. The van der Waals surface area contributed by atoms with Gasteiger partial charge >= 0.3 is 0 Å². The van der Waals surface area contributed by atoms with Gasteiger partial charge in [-0.05, 0) is 66.8 Å². The van der Waals surface area contributed by atoms with Crippen LogP contribution in [0.3, 0.4) is 0 Å². The van der Waals surface area contributed by atoms with Gasteiger partial charge in [0.15, 0.2) is 0 Å². The Morgan fingerprint density at radius 1 is 1.00 bits per heavy atom. The molecule has 4 aromatic rings. The molecule has 206 valence electrons. The van der Waals surface area contributed by atoms with Gasteiger partial charge in [0.1, 0.15) is 11.6 Å². The second-order valence-electron chi connectivity index (χ2n) is 11.4. The highest BCUT2D eigenvalue weighted by atomic mass is 16.2. The van der Waals surface area contributed by atoms with Crippen molar-refractivity contribution < 1.29 is 9.59 Å². The summed E-state index contributed by atoms with van der Waals surface area (Å²) in [6, 6.07) is 24.0. The average molecular weight is 537 g/mol. The SMILES string of the molecule is Cc1cccc(CC2CC(C(=O)NCc3ccc4c(c3)nnn4C)N(C(=O)C3CC(c4ccccc4)CN3)C2)c1. The molecule has 8 heteroatoms. The maximum atomic E-state index is 13.9. The summed E-state index contributed by atoms with van der Waals surface area (Å²) in [6.07, 6.45) is 2.25. The Kier molecular flexibility index (Phi) is 7.34.